The van der Waals surface area contributed by atoms with Crippen molar-refractivity contribution in [3.05, 3.63) is 47.0 Å². The van der Waals surface area contributed by atoms with Gasteiger partial charge in [-0.05, 0) is 129 Å². The molecule has 0 unspecified atom stereocenters. The molecule has 0 atom stereocenters. The van der Waals surface area contributed by atoms with Gasteiger partial charge in [-0.3, -0.25) is 0 Å². The van der Waals surface area contributed by atoms with Gasteiger partial charge in [0.1, 0.15) is 5.82 Å². The quantitative estimate of drug-likeness (QED) is 0.280. The Morgan fingerprint density at radius 2 is 1.52 bits per heavy atom. The average molecular weight is 455 g/mol. The number of hydrogen-bond acceptors (Lipinski definition) is 1. The molecular formula is C31H47FO. The van der Waals surface area contributed by atoms with Crippen LogP contribution in [0.4, 0.5) is 4.39 Å². The summed E-state index contributed by atoms with van der Waals surface area (Å²) in [7, 11) is 1.76. The Bertz CT molecular complexity index is 742. The number of rotatable bonds is 8. The number of allylic oxidation sites excluding steroid dienone is 1. The van der Waals surface area contributed by atoms with Gasteiger partial charge in [-0.2, -0.15) is 0 Å². The van der Waals surface area contributed by atoms with E-state index in [-0.39, 0.29) is 5.82 Å². The predicted molar refractivity (Wildman–Crippen MR) is 137 cm³/mol. The maximum Gasteiger partial charge on any atom is 0.126 e. The first-order chi connectivity index (χ1) is 16.2. The lowest BCUT2D eigenvalue weighted by Crippen LogP contribution is -2.24. The molecule has 4 rings (SSSR count). The van der Waals surface area contributed by atoms with E-state index in [1.54, 1.807) is 7.11 Å². The van der Waals surface area contributed by atoms with E-state index in [1.807, 2.05) is 12.3 Å². The number of ether oxygens (including phenoxy) is 1. The molecule has 2 heteroatoms. The topological polar surface area (TPSA) is 9.23 Å². The Morgan fingerprint density at radius 1 is 0.848 bits per heavy atom. The summed E-state index contributed by atoms with van der Waals surface area (Å²) in [5.74, 6) is 3.71. The van der Waals surface area contributed by atoms with Crippen LogP contribution in [0.2, 0.25) is 0 Å². The number of unbranched alkanes of at least 4 members (excludes halogenated alkanes) is 2. The fourth-order valence-corrected chi connectivity index (χ4v) is 7.26. The molecule has 1 aromatic carbocycles. The van der Waals surface area contributed by atoms with E-state index in [0.717, 1.165) is 23.3 Å². The van der Waals surface area contributed by atoms with Gasteiger partial charge in [-0.1, -0.05) is 44.7 Å². The summed E-state index contributed by atoms with van der Waals surface area (Å²) >= 11 is 0. The molecular weight excluding hydrogens is 407 g/mol. The monoisotopic (exact) mass is 454 g/mol. The third-order valence-electron chi connectivity index (χ3n) is 9.39. The maximum atomic E-state index is 15.2. The molecule has 0 aliphatic heterocycles. The van der Waals surface area contributed by atoms with Gasteiger partial charge in [-0.25, -0.2) is 4.39 Å². The fraction of sp³-hybridized carbons (Fsp3) is 0.742. The molecule has 0 aromatic heterocycles. The molecule has 33 heavy (non-hydrogen) atoms. The van der Waals surface area contributed by atoms with Gasteiger partial charge < -0.3 is 4.74 Å². The molecule has 0 bridgehead atoms. The Morgan fingerprint density at radius 3 is 2.15 bits per heavy atom. The lowest BCUT2D eigenvalue weighted by atomic mass is 9.69. The number of halogens is 1. The van der Waals surface area contributed by atoms with Crippen molar-refractivity contribution in [1.82, 2.24) is 0 Å². The smallest absolute Gasteiger partial charge is 0.126 e. The molecule has 1 nitrogen and oxygen atoms in total. The van der Waals surface area contributed by atoms with Crippen LogP contribution in [0.1, 0.15) is 133 Å². The standard InChI is InChI=1S/C31H47FO/c1-3-4-5-6-23-7-11-27(12-8-23)29-19-20-30(31(32)21-29)28-17-15-26(16-18-28)25-13-9-24(10-14-25)22-33-2/h19-23,25-28H,3-18H2,1-2H3. The summed E-state index contributed by atoms with van der Waals surface area (Å²) in [6.07, 6.45) is 22.6. The van der Waals surface area contributed by atoms with Gasteiger partial charge in [0.2, 0.25) is 0 Å². The van der Waals surface area contributed by atoms with Crippen LogP contribution in [-0.2, 0) is 4.74 Å². The third kappa shape index (κ3) is 6.64. The summed E-state index contributed by atoms with van der Waals surface area (Å²) in [6.45, 7) is 2.29. The molecule has 3 aliphatic rings. The van der Waals surface area contributed by atoms with Gasteiger partial charge in [-0.15, -0.1) is 0 Å². The average Bonchev–Trinajstić information content (AvgIpc) is 2.85. The lowest BCUT2D eigenvalue weighted by Gasteiger charge is -2.36. The molecule has 184 valence electrons. The number of hydrogen-bond donors (Lipinski definition) is 0. The van der Waals surface area contributed by atoms with Gasteiger partial charge >= 0.3 is 0 Å². The Kier molecular flexibility index (Phi) is 9.33. The second-order valence-corrected chi connectivity index (χ2v) is 11.5. The molecule has 3 aliphatic carbocycles. The lowest BCUT2D eigenvalue weighted by molar-refractivity contribution is 0.196. The van der Waals surface area contributed by atoms with Crippen LogP contribution >= 0.6 is 0 Å². The Hall–Kier alpha value is -1.31. The van der Waals surface area contributed by atoms with E-state index in [4.69, 9.17) is 4.74 Å². The van der Waals surface area contributed by atoms with Gasteiger partial charge in [0.15, 0.2) is 0 Å². The van der Waals surface area contributed by atoms with Crippen molar-refractivity contribution in [2.24, 2.45) is 17.8 Å². The van der Waals surface area contributed by atoms with E-state index >= 15 is 4.39 Å². The number of methoxy groups -OCH3 is 1. The van der Waals surface area contributed by atoms with Crippen molar-refractivity contribution in [2.75, 3.05) is 7.11 Å². The van der Waals surface area contributed by atoms with Crippen molar-refractivity contribution >= 4 is 0 Å². The summed E-state index contributed by atoms with van der Waals surface area (Å²) in [5, 5.41) is 0. The second-order valence-electron chi connectivity index (χ2n) is 11.5. The molecule has 0 saturated heterocycles. The largest absolute Gasteiger partial charge is 0.504 e. The Labute approximate surface area is 202 Å². The summed E-state index contributed by atoms with van der Waals surface area (Å²) in [6, 6.07) is 6.34. The minimum absolute atomic E-state index is 0.0769. The third-order valence-corrected chi connectivity index (χ3v) is 9.39. The van der Waals surface area contributed by atoms with Crippen LogP contribution in [-0.4, -0.2) is 7.11 Å². The first kappa shape index (κ1) is 24.8. The van der Waals surface area contributed by atoms with Crippen molar-refractivity contribution in [3.63, 3.8) is 0 Å². The van der Waals surface area contributed by atoms with E-state index in [1.165, 1.54) is 114 Å². The molecule has 0 amide bonds. The molecule has 3 fully saturated rings. The van der Waals surface area contributed by atoms with E-state index in [0.29, 0.717) is 11.8 Å². The van der Waals surface area contributed by atoms with Crippen LogP contribution in [0.25, 0.3) is 0 Å². The van der Waals surface area contributed by atoms with E-state index in [9.17, 15) is 0 Å². The Balaban J connectivity index is 1.25. The normalized spacial score (nSPS) is 30.8. The van der Waals surface area contributed by atoms with Crippen LogP contribution < -0.4 is 0 Å². The van der Waals surface area contributed by atoms with Crippen molar-refractivity contribution in [2.45, 2.75) is 121 Å². The number of benzene rings is 1. The summed E-state index contributed by atoms with van der Waals surface area (Å²) < 4.78 is 20.4. The summed E-state index contributed by atoms with van der Waals surface area (Å²) in [4.78, 5) is 0. The highest BCUT2D eigenvalue weighted by atomic mass is 19.1. The minimum atomic E-state index is 0.0769. The zero-order valence-corrected chi connectivity index (χ0v) is 21.3. The van der Waals surface area contributed by atoms with Crippen LogP contribution in [0, 0.1) is 23.6 Å². The predicted octanol–water partition coefficient (Wildman–Crippen LogP) is 9.67. The molecule has 3 saturated carbocycles. The van der Waals surface area contributed by atoms with Crippen molar-refractivity contribution < 1.29 is 9.13 Å². The summed E-state index contributed by atoms with van der Waals surface area (Å²) in [5.41, 5.74) is 3.74. The van der Waals surface area contributed by atoms with E-state index < -0.39 is 0 Å². The zero-order chi connectivity index (χ0) is 23.0. The van der Waals surface area contributed by atoms with Crippen LogP contribution in [0.15, 0.2) is 30.0 Å². The molecule has 0 N–H and O–H groups in total. The first-order valence-electron chi connectivity index (χ1n) is 14.2. The fourth-order valence-electron chi connectivity index (χ4n) is 7.26. The van der Waals surface area contributed by atoms with E-state index in [2.05, 4.69) is 19.1 Å². The van der Waals surface area contributed by atoms with Gasteiger partial charge in [0, 0.05) is 0 Å². The molecule has 1 aromatic rings. The SMILES string of the molecule is CCCCCC1CCC(c2ccc(C3CCC(C4CCC(=COC)CC4)CC3)c(F)c2)CC1. The molecule has 0 heterocycles. The van der Waals surface area contributed by atoms with Gasteiger partial charge in [0.25, 0.3) is 0 Å². The van der Waals surface area contributed by atoms with Crippen molar-refractivity contribution in [3.8, 4) is 0 Å². The highest BCUT2D eigenvalue weighted by molar-refractivity contribution is 5.30. The van der Waals surface area contributed by atoms with Gasteiger partial charge in [0.05, 0.1) is 13.4 Å². The van der Waals surface area contributed by atoms with Crippen molar-refractivity contribution in [1.29, 1.82) is 0 Å². The molecule has 0 radical (unpaired) electrons. The van der Waals surface area contributed by atoms with Crippen LogP contribution in [0.3, 0.4) is 0 Å². The van der Waals surface area contributed by atoms with Crippen LogP contribution in [0.5, 0.6) is 0 Å². The zero-order valence-electron chi connectivity index (χ0n) is 21.3. The molecule has 0 spiro atoms. The second kappa shape index (κ2) is 12.4. The highest BCUT2D eigenvalue weighted by Crippen LogP contribution is 2.45. The first-order valence-corrected chi connectivity index (χ1v) is 14.2. The maximum absolute atomic E-state index is 15.2. The highest BCUT2D eigenvalue weighted by Gasteiger charge is 2.31. The minimum Gasteiger partial charge on any atom is -0.504 e.